The number of halogens is 2. The molecule has 0 saturated heterocycles. The van der Waals surface area contributed by atoms with Gasteiger partial charge in [0, 0.05) is 16.5 Å². The van der Waals surface area contributed by atoms with Crippen LogP contribution in [0.15, 0.2) is 11.8 Å². The van der Waals surface area contributed by atoms with Gasteiger partial charge in [-0.25, -0.2) is 0 Å². The highest BCUT2D eigenvalue weighted by atomic mass is 35.5. The van der Waals surface area contributed by atoms with Gasteiger partial charge in [0.05, 0.1) is 15.6 Å². The van der Waals surface area contributed by atoms with Crippen LogP contribution in [0.1, 0.15) is 73.4 Å². The van der Waals surface area contributed by atoms with E-state index < -0.39 is 23.0 Å². The molecule has 1 heterocycles. The number of benzene rings is 1. The van der Waals surface area contributed by atoms with Gasteiger partial charge in [0.1, 0.15) is 0 Å². The van der Waals surface area contributed by atoms with Crippen LogP contribution in [0.25, 0.3) is 5.57 Å². The van der Waals surface area contributed by atoms with Gasteiger partial charge >= 0.3 is 0 Å². The number of amides is 2. The summed E-state index contributed by atoms with van der Waals surface area (Å²) in [5.74, 6) is -1.89. The molecule has 0 bridgehead atoms. The van der Waals surface area contributed by atoms with Crippen LogP contribution in [0, 0.1) is 11.3 Å². The fraction of sp³-hybridized carbons (Fsp3) is 0.500. The topological polar surface area (TPSA) is 83.5 Å². The molecule has 1 aliphatic heterocycles. The average molecular weight is 436 g/mol. The van der Waals surface area contributed by atoms with Crippen molar-refractivity contribution in [1.82, 2.24) is 5.32 Å². The van der Waals surface area contributed by atoms with E-state index in [1.807, 2.05) is 0 Å². The molecule has 2 amide bonds. The van der Waals surface area contributed by atoms with Gasteiger partial charge < -0.3 is 5.11 Å². The van der Waals surface area contributed by atoms with E-state index >= 15 is 0 Å². The number of nitrogens with one attached hydrogen (secondary N) is 1. The van der Waals surface area contributed by atoms with Gasteiger partial charge in [0.15, 0.2) is 11.5 Å². The van der Waals surface area contributed by atoms with Crippen molar-refractivity contribution in [2.24, 2.45) is 11.3 Å². The van der Waals surface area contributed by atoms with Gasteiger partial charge in [0.25, 0.3) is 11.8 Å². The molecular weight excluding hydrogens is 413 g/mol. The molecule has 2 N–H and O–H groups in total. The second kappa shape index (κ2) is 7.44. The molecule has 7 heteroatoms. The highest BCUT2D eigenvalue weighted by Gasteiger charge is 2.52. The van der Waals surface area contributed by atoms with Gasteiger partial charge in [-0.05, 0) is 43.2 Å². The molecule has 29 heavy (non-hydrogen) atoms. The molecule has 1 saturated carbocycles. The van der Waals surface area contributed by atoms with Crippen LogP contribution in [0.4, 0.5) is 0 Å². The van der Waals surface area contributed by atoms with Crippen LogP contribution >= 0.6 is 23.2 Å². The number of Topliss-reactive ketones (excluding diaryl/α,β-unsaturated/α-hetero) is 1. The van der Waals surface area contributed by atoms with Crippen molar-refractivity contribution in [3.8, 4) is 0 Å². The molecule has 1 fully saturated rings. The average Bonchev–Trinajstić information content (AvgIpc) is 3.37. The molecule has 3 aliphatic rings. The first-order valence-corrected chi connectivity index (χ1v) is 10.9. The number of rotatable bonds is 5. The van der Waals surface area contributed by atoms with Crippen molar-refractivity contribution in [2.75, 3.05) is 0 Å². The maximum absolute atomic E-state index is 13.7. The molecule has 2 aliphatic carbocycles. The first kappa shape index (κ1) is 20.4. The Morgan fingerprint density at radius 2 is 1.83 bits per heavy atom. The third-order valence-electron chi connectivity index (χ3n) is 6.76. The minimum atomic E-state index is -0.864. The number of carbonyl (C=O) groups is 3. The molecule has 0 aromatic heterocycles. The summed E-state index contributed by atoms with van der Waals surface area (Å²) >= 11 is 13.0. The van der Waals surface area contributed by atoms with Crippen LogP contribution in [-0.2, 0) is 16.0 Å². The number of fused-ring (bicyclic) bond motifs is 1. The Bertz CT molecular complexity index is 962. The number of imide groups is 1. The number of unbranched alkanes of at least 4 members (excludes halogenated alkanes) is 1. The van der Waals surface area contributed by atoms with Crippen molar-refractivity contribution in [1.29, 1.82) is 0 Å². The van der Waals surface area contributed by atoms with E-state index in [0.717, 1.165) is 50.5 Å². The Hall–Kier alpha value is -1.85. The largest absolute Gasteiger partial charge is 0.502 e. The summed E-state index contributed by atoms with van der Waals surface area (Å²) in [5, 5.41) is 12.2. The van der Waals surface area contributed by atoms with E-state index in [0.29, 0.717) is 17.9 Å². The highest BCUT2D eigenvalue weighted by Crippen LogP contribution is 2.54. The quantitative estimate of drug-likeness (QED) is 0.635. The molecule has 1 aromatic carbocycles. The Labute approximate surface area is 179 Å². The zero-order chi connectivity index (χ0) is 20.9. The maximum Gasteiger partial charge on any atom is 0.293 e. The van der Waals surface area contributed by atoms with Gasteiger partial charge in [-0.15, -0.1) is 0 Å². The van der Waals surface area contributed by atoms with E-state index in [4.69, 9.17) is 23.2 Å². The molecule has 1 unspecified atom stereocenters. The fourth-order valence-electron chi connectivity index (χ4n) is 5.32. The van der Waals surface area contributed by atoms with Gasteiger partial charge in [-0.2, -0.15) is 0 Å². The minimum Gasteiger partial charge on any atom is -0.502 e. The van der Waals surface area contributed by atoms with E-state index in [2.05, 4.69) is 12.2 Å². The summed E-state index contributed by atoms with van der Waals surface area (Å²) in [6, 6.07) is 1.66. The van der Waals surface area contributed by atoms with Crippen molar-refractivity contribution in [2.45, 2.75) is 58.3 Å². The van der Waals surface area contributed by atoms with E-state index in [1.54, 1.807) is 6.07 Å². The Morgan fingerprint density at radius 3 is 2.41 bits per heavy atom. The normalized spacial score (nSPS) is 24.6. The van der Waals surface area contributed by atoms with E-state index in [9.17, 15) is 19.5 Å². The number of hydrogen-bond acceptors (Lipinski definition) is 4. The van der Waals surface area contributed by atoms with Gasteiger partial charge in [-0.1, -0.05) is 55.8 Å². The zero-order valence-corrected chi connectivity index (χ0v) is 17.8. The Balaban J connectivity index is 1.84. The summed E-state index contributed by atoms with van der Waals surface area (Å²) < 4.78 is 0. The van der Waals surface area contributed by atoms with Crippen LogP contribution in [0.5, 0.6) is 0 Å². The molecule has 1 aromatic rings. The lowest BCUT2D eigenvalue weighted by molar-refractivity contribution is -0.124. The lowest BCUT2D eigenvalue weighted by Crippen LogP contribution is -2.35. The second-order valence-corrected chi connectivity index (χ2v) is 9.10. The summed E-state index contributed by atoms with van der Waals surface area (Å²) in [6.07, 6.45) is 7.64. The smallest absolute Gasteiger partial charge is 0.293 e. The van der Waals surface area contributed by atoms with Crippen LogP contribution < -0.4 is 5.32 Å². The number of aliphatic hydroxyl groups is 1. The number of aliphatic hydroxyl groups excluding tert-OH is 1. The number of hydrogen-bond donors (Lipinski definition) is 2. The SMILES string of the molecule is CCCCC1(C2CCCC2)Cc2cc(C3=C(O)C(=O)NC3=O)c(Cl)c(Cl)c2C1=O. The van der Waals surface area contributed by atoms with Crippen molar-refractivity contribution >= 4 is 46.4 Å². The lowest BCUT2D eigenvalue weighted by Gasteiger charge is -2.34. The van der Waals surface area contributed by atoms with Crippen LogP contribution in [0.2, 0.25) is 10.0 Å². The summed E-state index contributed by atoms with van der Waals surface area (Å²) in [6.45, 7) is 2.11. The predicted octanol–water partition coefficient (Wildman–Crippen LogP) is 5.02. The van der Waals surface area contributed by atoms with E-state index in [-0.39, 0.29) is 27.0 Å². The van der Waals surface area contributed by atoms with Crippen LogP contribution in [-0.4, -0.2) is 22.7 Å². The van der Waals surface area contributed by atoms with Crippen molar-refractivity contribution in [3.63, 3.8) is 0 Å². The first-order chi connectivity index (χ1) is 13.8. The molecule has 0 spiro atoms. The summed E-state index contributed by atoms with van der Waals surface area (Å²) in [4.78, 5) is 37.5. The van der Waals surface area contributed by atoms with Gasteiger partial charge in [-0.3, -0.25) is 19.7 Å². The molecule has 4 rings (SSSR count). The van der Waals surface area contributed by atoms with Crippen LogP contribution in [0.3, 0.4) is 0 Å². The monoisotopic (exact) mass is 435 g/mol. The second-order valence-electron chi connectivity index (χ2n) is 8.34. The molecular formula is C22H23Cl2NO4. The summed E-state index contributed by atoms with van der Waals surface area (Å²) in [7, 11) is 0. The first-order valence-electron chi connectivity index (χ1n) is 10.2. The molecule has 154 valence electrons. The standard InChI is InChI=1S/C22H23Cl2NO4/c1-2-3-8-22(12-6-4-5-7-12)10-11-9-13(15-18(26)21(29)25-20(15)28)16(23)17(24)14(11)19(22)27/h9,12H,2-8,10H2,1H3,(H2,25,26,28,29). The Morgan fingerprint density at radius 1 is 1.14 bits per heavy atom. The van der Waals surface area contributed by atoms with E-state index in [1.165, 1.54) is 0 Å². The highest BCUT2D eigenvalue weighted by molar-refractivity contribution is 6.47. The lowest BCUT2D eigenvalue weighted by atomic mass is 9.68. The molecule has 5 nitrogen and oxygen atoms in total. The third kappa shape index (κ3) is 3.01. The Kier molecular flexibility index (Phi) is 5.24. The summed E-state index contributed by atoms with van der Waals surface area (Å²) in [5.41, 5.74) is 0.707. The minimum absolute atomic E-state index is 0.0166. The molecule has 1 atom stereocenters. The van der Waals surface area contributed by atoms with Crippen molar-refractivity contribution < 1.29 is 19.5 Å². The number of carbonyl (C=O) groups excluding carboxylic acids is 3. The number of ketones is 1. The predicted molar refractivity (Wildman–Crippen MR) is 111 cm³/mol. The zero-order valence-electron chi connectivity index (χ0n) is 16.2. The third-order valence-corrected chi connectivity index (χ3v) is 7.63. The molecule has 0 radical (unpaired) electrons. The van der Waals surface area contributed by atoms with Crippen molar-refractivity contribution in [3.05, 3.63) is 38.6 Å². The van der Waals surface area contributed by atoms with Gasteiger partial charge in [0.2, 0.25) is 0 Å². The maximum atomic E-state index is 13.7. The fourth-order valence-corrected chi connectivity index (χ4v) is 5.87.